The molecule has 0 N–H and O–H groups in total. The Bertz CT molecular complexity index is 1320. The van der Waals surface area contributed by atoms with Gasteiger partial charge in [0.05, 0.1) is 11.5 Å². The molecule has 3 rings (SSSR count). The highest BCUT2D eigenvalue weighted by Crippen LogP contribution is 2.50. The fourth-order valence-corrected chi connectivity index (χ4v) is 8.02. The maximum Gasteiger partial charge on any atom is 0.453 e. The van der Waals surface area contributed by atoms with Crippen LogP contribution in [0.25, 0.3) is 0 Å². The van der Waals surface area contributed by atoms with E-state index in [4.69, 9.17) is 9.47 Å². The number of thioether (sulfide) groups is 3. The van der Waals surface area contributed by atoms with Gasteiger partial charge in [0.25, 0.3) is 0 Å². The van der Waals surface area contributed by atoms with E-state index in [-0.39, 0.29) is 29.7 Å². The molecule has 12 heteroatoms. The van der Waals surface area contributed by atoms with Gasteiger partial charge in [-0.15, -0.1) is 0 Å². The first-order chi connectivity index (χ1) is 23.3. The van der Waals surface area contributed by atoms with Crippen molar-refractivity contribution in [3.63, 3.8) is 0 Å². The van der Waals surface area contributed by atoms with Crippen molar-refractivity contribution in [1.82, 2.24) is 0 Å². The van der Waals surface area contributed by atoms with Crippen LogP contribution in [0.15, 0.2) is 42.5 Å². The SMILES string of the molecule is CSCC(=O)Oc1ccc(C2(C)CCc3cc(OC(=O)CSC)ccc3C2CCCCCCCCCSCCCC(F)(F)C(F)(F)F)cc1. The Balaban J connectivity index is 1.52. The average molecular weight is 749 g/mol. The van der Waals surface area contributed by atoms with Crippen LogP contribution in [0.2, 0.25) is 0 Å². The Labute approximate surface area is 300 Å². The molecule has 2 aromatic rings. The van der Waals surface area contributed by atoms with E-state index < -0.39 is 18.5 Å². The van der Waals surface area contributed by atoms with Crippen LogP contribution in [-0.2, 0) is 21.4 Å². The molecule has 0 saturated carbocycles. The Morgan fingerprint density at radius 3 is 1.94 bits per heavy atom. The molecule has 0 heterocycles. The molecular weight excluding hydrogens is 700 g/mol. The van der Waals surface area contributed by atoms with Crippen molar-refractivity contribution < 1.29 is 41.0 Å². The number of unbranched alkanes of at least 4 members (excludes halogenated alkanes) is 6. The summed E-state index contributed by atoms with van der Waals surface area (Å²) in [5.41, 5.74) is 3.57. The van der Waals surface area contributed by atoms with E-state index in [0.29, 0.717) is 28.8 Å². The van der Waals surface area contributed by atoms with Crippen molar-refractivity contribution in [3.05, 3.63) is 59.2 Å². The zero-order valence-electron chi connectivity index (χ0n) is 28.7. The molecule has 1 aliphatic carbocycles. The molecule has 0 saturated heterocycles. The molecule has 0 amide bonds. The van der Waals surface area contributed by atoms with Gasteiger partial charge in [0.2, 0.25) is 0 Å². The number of hydrogen-bond acceptors (Lipinski definition) is 7. The zero-order valence-corrected chi connectivity index (χ0v) is 31.1. The van der Waals surface area contributed by atoms with Crippen LogP contribution in [0.3, 0.4) is 0 Å². The number of carbonyl (C=O) groups excluding carboxylic acids is 2. The second kappa shape index (κ2) is 20.2. The molecule has 0 spiro atoms. The number of aryl methyl sites for hydroxylation is 1. The Kier molecular flexibility index (Phi) is 17.1. The highest BCUT2D eigenvalue weighted by atomic mass is 32.2. The van der Waals surface area contributed by atoms with Crippen LogP contribution in [0.1, 0.15) is 100 Å². The van der Waals surface area contributed by atoms with Crippen LogP contribution >= 0.6 is 35.3 Å². The lowest BCUT2D eigenvalue weighted by Crippen LogP contribution is -2.36. The lowest BCUT2D eigenvalue weighted by Gasteiger charge is -2.44. The third kappa shape index (κ3) is 13.0. The Hall–Kier alpha value is -1.92. The minimum atomic E-state index is -5.47. The van der Waals surface area contributed by atoms with Crippen LogP contribution in [-0.4, -0.2) is 59.6 Å². The van der Waals surface area contributed by atoms with Gasteiger partial charge >= 0.3 is 24.0 Å². The van der Waals surface area contributed by atoms with Gasteiger partial charge in [-0.2, -0.15) is 57.2 Å². The third-order valence-electron chi connectivity index (χ3n) is 9.15. The topological polar surface area (TPSA) is 52.6 Å². The summed E-state index contributed by atoms with van der Waals surface area (Å²) in [4.78, 5) is 24.1. The first-order valence-corrected chi connectivity index (χ1v) is 20.9. The van der Waals surface area contributed by atoms with Crippen molar-refractivity contribution in [2.24, 2.45) is 0 Å². The summed E-state index contributed by atoms with van der Waals surface area (Å²) in [7, 11) is 0. The number of fused-ring (bicyclic) bond motifs is 1. The maximum absolute atomic E-state index is 13.0. The van der Waals surface area contributed by atoms with Gasteiger partial charge in [0.15, 0.2) is 0 Å². The Morgan fingerprint density at radius 2 is 1.33 bits per heavy atom. The van der Waals surface area contributed by atoms with Crippen LogP contribution in [0, 0.1) is 0 Å². The van der Waals surface area contributed by atoms with E-state index in [1.54, 1.807) is 0 Å². The fourth-order valence-electron chi connectivity index (χ4n) is 6.47. The summed E-state index contributed by atoms with van der Waals surface area (Å²) in [5, 5.41) is 0. The van der Waals surface area contributed by atoms with Crippen molar-refractivity contribution in [3.8, 4) is 11.5 Å². The molecule has 0 bridgehead atoms. The van der Waals surface area contributed by atoms with Crippen molar-refractivity contribution in [1.29, 1.82) is 0 Å². The largest absolute Gasteiger partial charge is 0.453 e. The highest BCUT2D eigenvalue weighted by molar-refractivity contribution is 7.99. The second-order valence-electron chi connectivity index (χ2n) is 12.9. The number of esters is 2. The first-order valence-electron chi connectivity index (χ1n) is 17.0. The predicted molar refractivity (Wildman–Crippen MR) is 194 cm³/mol. The van der Waals surface area contributed by atoms with Gasteiger partial charge in [0, 0.05) is 6.42 Å². The normalized spacial score (nSPS) is 17.8. The summed E-state index contributed by atoms with van der Waals surface area (Å²) in [6.45, 7) is 2.32. The summed E-state index contributed by atoms with van der Waals surface area (Å²) in [5.74, 6) is -2.05. The number of benzene rings is 2. The average Bonchev–Trinajstić information content (AvgIpc) is 3.04. The molecule has 0 aliphatic heterocycles. The van der Waals surface area contributed by atoms with Crippen molar-refractivity contribution in [2.75, 3.05) is 35.5 Å². The van der Waals surface area contributed by atoms with Gasteiger partial charge in [-0.25, -0.2) is 0 Å². The zero-order chi connectivity index (χ0) is 35.9. The number of carbonyl (C=O) groups is 2. The number of alkyl halides is 5. The Morgan fingerprint density at radius 1 is 0.776 bits per heavy atom. The van der Waals surface area contributed by atoms with E-state index in [1.165, 1.54) is 52.0 Å². The quantitative estimate of drug-likeness (QED) is 0.0545. The molecular formula is C37H49F5O4S3. The molecule has 2 unspecified atom stereocenters. The molecule has 0 aromatic heterocycles. The summed E-state index contributed by atoms with van der Waals surface area (Å²) in [6, 6.07) is 14.0. The highest BCUT2D eigenvalue weighted by Gasteiger charge is 2.56. The summed E-state index contributed by atoms with van der Waals surface area (Å²) >= 11 is 4.30. The molecule has 0 radical (unpaired) electrons. The van der Waals surface area contributed by atoms with Crippen LogP contribution < -0.4 is 9.47 Å². The van der Waals surface area contributed by atoms with Gasteiger partial charge in [-0.1, -0.05) is 63.6 Å². The molecule has 1 aliphatic rings. The molecule has 2 aromatic carbocycles. The van der Waals surface area contributed by atoms with Gasteiger partial charge in [0.1, 0.15) is 11.5 Å². The van der Waals surface area contributed by atoms with E-state index >= 15 is 0 Å². The van der Waals surface area contributed by atoms with Gasteiger partial charge in [-0.3, -0.25) is 9.59 Å². The van der Waals surface area contributed by atoms with Gasteiger partial charge < -0.3 is 9.47 Å². The predicted octanol–water partition coefficient (Wildman–Crippen LogP) is 11.0. The van der Waals surface area contributed by atoms with Crippen LogP contribution in [0.4, 0.5) is 22.0 Å². The van der Waals surface area contributed by atoms with E-state index in [1.807, 2.05) is 36.8 Å². The van der Waals surface area contributed by atoms with Crippen LogP contribution in [0.5, 0.6) is 11.5 Å². The number of hydrogen-bond donors (Lipinski definition) is 0. The number of rotatable bonds is 21. The second-order valence-corrected chi connectivity index (χ2v) is 15.8. The minimum Gasteiger partial charge on any atom is -0.426 e. The number of halogens is 5. The number of ether oxygens (including phenoxy) is 2. The van der Waals surface area contributed by atoms with E-state index in [0.717, 1.165) is 70.0 Å². The molecule has 0 fully saturated rings. The maximum atomic E-state index is 13.0. The fraction of sp³-hybridized carbons (Fsp3) is 0.622. The summed E-state index contributed by atoms with van der Waals surface area (Å²) < 4.78 is 73.9. The smallest absolute Gasteiger partial charge is 0.426 e. The van der Waals surface area contributed by atoms with Gasteiger partial charge in [-0.05, 0) is 108 Å². The standard InChI is InChI=1S/C37H49F5O4S3/c1-35(28-13-15-29(16-14-28)45-33(43)25-47-2)21-19-27-24-30(46-34(44)26-48-3)17-18-31(27)32(35)12-9-7-5-4-6-8-10-22-49-23-11-20-36(38,39)37(40,41)42/h13-18,24,32H,4-12,19-23,25-26H2,1-3H3. The monoisotopic (exact) mass is 748 g/mol. The first kappa shape index (κ1) is 41.5. The minimum absolute atomic E-state index is 0.133. The summed E-state index contributed by atoms with van der Waals surface area (Å²) in [6.07, 6.45) is 7.16. The van der Waals surface area contributed by atoms with E-state index in [9.17, 15) is 31.5 Å². The lowest BCUT2D eigenvalue weighted by atomic mass is 9.60. The molecule has 2 atom stereocenters. The van der Waals surface area contributed by atoms with E-state index in [2.05, 4.69) is 25.1 Å². The molecule has 274 valence electrons. The third-order valence-corrected chi connectivity index (χ3v) is 11.4. The molecule has 49 heavy (non-hydrogen) atoms. The van der Waals surface area contributed by atoms with Crippen molar-refractivity contribution in [2.45, 2.75) is 107 Å². The molecule has 4 nitrogen and oxygen atoms in total. The lowest BCUT2D eigenvalue weighted by molar-refractivity contribution is -0.284. The van der Waals surface area contributed by atoms with Crippen molar-refractivity contribution >= 4 is 47.2 Å².